The van der Waals surface area contributed by atoms with E-state index in [2.05, 4.69) is 22.6 Å². The fourth-order valence-corrected chi connectivity index (χ4v) is 3.22. The highest BCUT2D eigenvalue weighted by molar-refractivity contribution is 5.94. The Labute approximate surface area is 146 Å². The number of carbonyl (C=O) groups is 2. The van der Waals surface area contributed by atoms with E-state index in [0.717, 1.165) is 37.1 Å². The fourth-order valence-electron chi connectivity index (χ4n) is 3.22. The van der Waals surface area contributed by atoms with Gasteiger partial charge in [-0.05, 0) is 56.7 Å². The average Bonchev–Trinajstić information content (AvgIpc) is 3.04. The number of benzene rings is 1. The zero-order valence-electron chi connectivity index (χ0n) is 14.7. The molecular weight excluding hydrogens is 320 g/mol. The molecule has 0 saturated heterocycles. The number of amides is 1. The molecule has 0 bridgehead atoms. The Morgan fingerprint density at radius 3 is 2.76 bits per heavy atom. The Morgan fingerprint density at radius 1 is 1.28 bits per heavy atom. The minimum atomic E-state index is -0.527. The Kier molecular flexibility index (Phi) is 5.31. The zero-order valence-corrected chi connectivity index (χ0v) is 14.7. The van der Waals surface area contributed by atoms with Crippen molar-refractivity contribution in [2.75, 3.05) is 6.61 Å². The predicted octanol–water partition coefficient (Wildman–Crippen LogP) is 2.30. The third-order valence-electron chi connectivity index (χ3n) is 4.76. The number of carbonyl (C=O) groups excluding carboxylic acids is 2. The van der Waals surface area contributed by atoms with Crippen LogP contribution in [0.15, 0.2) is 18.2 Å². The van der Waals surface area contributed by atoms with Gasteiger partial charge < -0.3 is 10.1 Å². The Morgan fingerprint density at radius 2 is 2.04 bits per heavy atom. The first kappa shape index (κ1) is 17.4. The zero-order chi connectivity index (χ0) is 17.8. The van der Waals surface area contributed by atoms with E-state index in [9.17, 15) is 9.59 Å². The lowest BCUT2D eigenvalue weighted by molar-refractivity contribution is -0.125. The second-order valence-corrected chi connectivity index (χ2v) is 6.71. The van der Waals surface area contributed by atoms with Crippen molar-refractivity contribution in [1.82, 2.24) is 20.3 Å². The third-order valence-corrected chi connectivity index (χ3v) is 4.76. The van der Waals surface area contributed by atoms with Gasteiger partial charge >= 0.3 is 5.97 Å². The summed E-state index contributed by atoms with van der Waals surface area (Å²) in [6.45, 7) is 4.66. The van der Waals surface area contributed by atoms with Crippen LogP contribution in [-0.2, 0) is 16.1 Å². The van der Waals surface area contributed by atoms with Crippen LogP contribution in [0, 0.1) is 5.92 Å². The average molecular weight is 344 g/mol. The Balaban J connectivity index is 1.52. The maximum atomic E-state index is 12.1. The van der Waals surface area contributed by atoms with Gasteiger partial charge in [-0.15, -0.1) is 5.10 Å². The van der Waals surface area contributed by atoms with Crippen molar-refractivity contribution in [2.24, 2.45) is 5.92 Å². The SMILES string of the molecule is CCn1nnc2cc(C(=O)OCC(=O)NC3CCC(C)CC3)ccc21. The van der Waals surface area contributed by atoms with Gasteiger partial charge in [0.25, 0.3) is 5.91 Å². The van der Waals surface area contributed by atoms with Crippen molar-refractivity contribution in [1.29, 1.82) is 0 Å². The summed E-state index contributed by atoms with van der Waals surface area (Å²) < 4.78 is 6.88. The van der Waals surface area contributed by atoms with Crippen LogP contribution in [0.1, 0.15) is 49.9 Å². The first-order valence-electron chi connectivity index (χ1n) is 8.86. The summed E-state index contributed by atoms with van der Waals surface area (Å²) in [6, 6.07) is 5.29. The number of nitrogens with one attached hydrogen (secondary N) is 1. The van der Waals surface area contributed by atoms with E-state index in [1.165, 1.54) is 0 Å². The molecule has 3 rings (SSSR count). The maximum absolute atomic E-state index is 12.1. The molecule has 25 heavy (non-hydrogen) atoms. The normalized spacial score (nSPS) is 20.4. The van der Waals surface area contributed by atoms with E-state index in [4.69, 9.17) is 4.74 Å². The van der Waals surface area contributed by atoms with E-state index >= 15 is 0 Å². The molecule has 0 radical (unpaired) electrons. The molecule has 2 aromatic rings. The van der Waals surface area contributed by atoms with E-state index in [1.54, 1.807) is 22.9 Å². The lowest BCUT2D eigenvalue weighted by Crippen LogP contribution is -2.39. The van der Waals surface area contributed by atoms with Crippen LogP contribution < -0.4 is 5.32 Å². The van der Waals surface area contributed by atoms with Crippen molar-refractivity contribution in [3.8, 4) is 0 Å². The number of aryl methyl sites for hydroxylation is 1. The topological polar surface area (TPSA) is 86.1 Å². The largest absolute Gasteiger partial charge is 0.452 e. The second-order valence-electron chi connectivity index (χ2n) is 6.71. The van der Waals surface area contributed by atoms with Gasteiger partial charge in [0, 0.05) is 12.6 Å². The lowest BCUT2D eigenvalue weighted by atomic mass is 9.87. The van der Waals surface area contributed by atoms with Crippen molar-refractivity contribution < 1.29 is 14.3 Å². The van der Waals surface area contributed by atoms with Crippen LogP contribution in [0.4, 0.5) is 0 Å². The fraction of sp³-hybridized carbons (Fsp3) is 0.556. The number of aromatic nitrogens is 3. The minimum absolute atomic E-state index is 0.197. The van der Waals surface area contributed by atoms with E-state index in [-0.39, 0.29) is 18.6 Å². The molecule has 134 valence electrons. The molecular formula is C18H24N4O3. The van der Waals surface area contributed by atoms with E-state index in [1.807, 2.05) is 6.92 Å². The molecule has 7 heteroatoms. The highest BCUT2D eigenvalue weighted by Gasteiger charge is 2.20. The number of nitrogens with zero attached hydrogens (tertiary/aromatic N) is 3. The highest BCUT2D eigenvalue weighted by Crippen LogP contribution is 2.23. The molecule has 0 unspecified atom stereocenters. The summed E-state index contributed by atoms with van der Waals surface area (Å²) in [5.74, 6) is -0.0437. The molecule has 0 aliphatic heterocycles. The van der Waals surface area contributed by atoms with Gasteiger partial charge in [-0.2, -0.15) is 0 Å². The molecule has 7 nitrogen and oxygen atoms in total. The van der Waals surface area contributed by atoms with E-state index < -0.39 is 5.97 Å². The Hall–Kier alpha value is -2.44. The number of ether oxygens (including phenoxy) is 1. The van der Waals surface area contributed by atoms with Gasteiger partial charge in [-0.25, -0.2) is 9.48 Å². The lowest BCUT2D eigenvalue weighted by Gasteiger charge is -2.26. The first-order valence-corrected chi connectivity index (χ1v) is 8.86. The monoisotopic (exact) mass is 344 g/mol. The van der Waals surface area contributed by atoms with Crippen LogP contribution in [0.2, 0.25) is 0 Å². The van der Waals surface area contributed by atoms with Crippen LogP contribution in [0.25, 0.3) is 11.0 Å². The maximum Gasteiger partial charge on any atom is 0.338 e. The number of esters is 1. The van der Waals surface area contributed by atoms with Gasteiger partial charge in [0.15, 0.2) is 6.61 Å². The molecule has 1 aliphatic rings. The summed E-state index contributed by atoms with van der Waals surface area (Å²) in [6.07, 6.45) is 4.24. The molecule has 1 saturated carbocycles. The molecule has 1 amide bonds. The van der Waals surface area contributed by atoms with Crippen molar-refractivity contribution in [2.45, 2.75) is 52.1 Å². The molecule has 1 N–H and O–H groups in total. The van der Waals surface area contributed by atoms with Gasteiger partial charge in [-0.1, -0.05) is 12.1 Å². The number of fused-ring (bicyclic) bond motifs is 1. The first-order chi connectivity index (χ1) is 12.1. The summed E-state index contributed by atoms with van der Waals surface area (Å²) in [5.41, 5.74) is 1.87. The van der Waals surface area contributed by atoms with Crippen molar-refractivity contribution >= 4 is 22.9 Å². The molecule has 1 aromatic carbocycles. The van der Waals surface area contributed by atoms with Crippen LogP contribution in [0.5, 0.6) is 0 Å². The van der Waals surface area contributed by atoms with E-state index in [0.29, 0.717) is 17.6 Å². The standard InChI is InChI=1S/C18H24N4O3/c1-3-22-16-9-6-13(10-15(16)20-21-22)18(24)25-11-17(23)19-14-7-4-12(2)5-8-14/h6,9-10,12,14H,3-5,7-8,11H2,1-2H3,(H,19,23). The minimum Gasteiger partial charge on any atom is -0.452 e. The second kappa shape index (κ2) is 7.63. The highest BCUT2D eigenvalue weighted by atomic mass is 16.5. The van der Waals surface area contributed by atoms with Gasteiger partial charge in [0.05, 0.1) is 11.1 Å². The van der Waals surface area contributed by atoms with Gasteiger partial charge in [-0.3, -0.25) is 4.79 Å². The quantitative estimate of drug-likeness (QED) is 0.841. The Bertz CT molecular complexity index is 763. The van der Waals surface area contributed by atoms with Gasteiger partial charge in [0.1, 0.15) is 5.52 Å². The van der Waals surface area contributed by atoms with Crippen molar-refractivity contribution in [3.05, 3.63) is 23.8 Å². The molecule has 1 aliphatic carbocycles. The molecule has 1 aromatic heterocycles. The summed E-state index contributed by atoms with van der Waals surface area (Å²) in [4.78, 5) is 24.1. The molecule has 0 atom stereocenters. The molecule has 0 spiro atoms. The summed E-state index contributed by atoms with van der Waals surface area (Å²) in [7, 11) is 0. The van der Waals surface area contributed by atoms with Crippen molar-refractivity contribution in [3.63, 3.8) is 0 Å². The third kappa shape index (κ3) is 4.15. The number of rotatable bonds is 5. The smallest absolute Gasteiger partial charge is 0.338 e. The van der Waals surface area contributed by atoms with Crippen LogP contribution >= 0.6 is 0 Å². The molecule has 1 fully saturated rings. The molecule has 1 heterocycles. The predicted molar refractivity (Wildman–Crippen MR) is 93.0 cm³/mol. The summed E-state index contributed by atoms with van der Waals surface area (Å²) >= 11 is 0. The van der Waals surface area contributed by atoms with Gasteiger partial charge in [0.2, 0.25) is 0 Å². The number of hydrogen-bond acceptors (Lipinski definition) is 5. The van der Waals surface area contributed by atoms with Crippen LogP contribution in [-0.4, -0.2) is 39.5 Å². The van der Waals surface area contributed by atoms with Crippen LogP contribution in [0.3, 0.4) is 0 Å². The number of hydrogen-bond donors (Lipinski definition) is 1. The summed E-state index contributed by atoms with van der Waals surface area (Å²) in [5, 5.41) is 11.0.